The number of aliphatic carboxylic acids is 1. The van der Waals surface area contributed by atoms with E-state index >= 15 is 0 Å². The van der Waals surface area contributed by atoms with Crippen molar-refractivity contribution in [2.75, 3.05) is 0 Å². The van der Waals surface area contributed by atoms with Crippen molar-refractivity contribution in [3.8, 4) is 0 Å². The molecule has 0 spiro atoms. The molecule has 1 N–H and O–H groups in total. The molecule has 0 aliphatic heterocycles. The first-order valence-corrected chi connectivity index (χ1v) is 8.42. The Hall–Kier alpha value is -1.83. The highest BCUT2D eigenvalue weighted by Crippen LogP contribution is 2.53. The molecule has 4 unspecified atom stereocenters. The van der Waals surface area contributed by atoms with Crippen molar-refractivity contribution >= 4 is 5.97 Å². The van der Waals surface area contributed by atoms with Crippen LogP contribution in [0.4, 0.5) is 0 Å². The van der Waals surface area contributed by atoms with E-state index in [2.05, 4.69) is 42.5 Å². The Balaban J connectivity index is 1.64. The highest BCUT2D eigenvalue weighted by molar-refractivity contribution is 5.66. The van der Waals surface area contributed by atoms with Gasteiger partial charge in [-0.25, -0.2) is 0 Å². The fourth-order valence-electron chi connectivity index (χ4n) is 4.72. The van der Waals surface area contributed by atoms with E-state index in [4.69, 9.17) is 5.11 Å². The molecule has 0 bridgehead atoms. The molecule has 2 nitrogen and oxygen atoms in total. The SMILES string of the molecule is O=C(O)CCCC1=CCC2C=CC3CC=CC4=CC=C1C2C43. The smallest absolute Gasteiger partial charge is 0.303 e. The first-order valence-electron chi connectivity index (χ1n) is 8.42. The normalized spacial score (nSPS) is 34.5. The molecule has 0 saturated carbocycles. The van der Waals surface area contributed by atoms with Crippen LogP contribution < -0.4 is 0 Å². The van der Waals surface area contributed by atoms with Crippen molar-refractivity contribution in [3.63, 3.8) is 0 Å². The fourth-order valence-corrected chi connectivity index (χ4v) is 4.72. The summed E-state index contributed by atoms with van der Waals surface area (Å²) in [7, 11) is 0. The zero-order chi connectivity index (χ0) is 15.1. The van der Waals surface area contributed by atoms with Crippen LogP contribution in [-0.4, -0.2) is 11.1 Å². The summed E-state index contributed by atoms with van der Waals surface area (Å²) in [6.45, 7) is 0. The largest absolute Gasteiger partial charge is 0.481 e. The van der Waals surface area contributed by atoms with Gasteiger partial charge in [0.05, 0.1) is 0 Å². The molecular formula is C20H22O2. The summed E-state index contributed by atoms with van der Waals surface area (Å²) in [5.74, 6) is 1.85. The van der Waals surface area contributed by atoms with Gasteiger partial charge < -0.3 is 5.11 Å². The predicted molar refractivity (Wildman–Crippen MR) is 87.2 cm³/mol. The van der Waals surface area contributed by atoms with E-state index in [1.54, 1.807) is 0 Å². The van der Waals surface area contributed by atoms with E-state index in [9.17, 15) is 4.79 Å². The molecule has 0 heterocycles. The third kappa shape index (κ3) is 2.22. The second-order valence-corrected chi connectivity index (χ2v) is 6.90. The topological polar surface area (TPSA) is 37.3 Å². The first kappa shape index (κ1) is 13.8. The standard InChI is InChI=1S/C20H22O2/c21-18(22)6-2-3-13-7-8-16-10-9-14-4-1-5-15-11-12-17(13)20(16)19(14)15/h1,5,7,9-12,14,16,19-20H,2-4,6,8H2,(H,21,22). The Labute approximate surface area is 131 Å². The zero-order valence-corrected chi connectivity index (χ0v) is 12.7. The predicted octanol–water partition coefficient (Wildman–Crippen LogP) is 4.43. The van der Waals surface area contributed by atoms with Crippen LogP contribution in [0, 0.1) is 23.7 Å². The van der Waals surface area contributed by atoms with Crippen molar-refractivity contribution in [2.24, 2.45) is 23.7 Å². The lowest BCUT2D eigenvalue weighted by Gasteiger charge is -2.47. The minimum absolute atomic E-state index is 0.272. The summed E-state index contributed by atoms with van der Waals surface area (Å²) < 4.78 is 0. The van der Waals surface area contributed by atoms with E-state index in [1.807, 2.05) is 0 Å². The van der Waals surface area contributed by atoms with Crippen LogP contribution in [0.3, 0.4) is 0 Å². The van der Waals surface area contributed by atoms with Gasteiger partial charge in [0, 0.05) is 6.42 Å². The number of carboxylic acid groups (broad SMARTS) is 1. The highest BCUT2D eigenvalue weighted by Gasteiger charge is 2.43. The van der Waals surface area contributed by atoms with Crippen LogP contribution >= 0.6 is 0 Å². The van der Waals surface area contributed by atoms with E-state index in [-0.39, 0.29) is 6.42 Å². The lowest BCUT2D eigenvalue weighted by Crippen LogP contribution is -2.38. The van der Waals surface area contributed by atoms with Gasteiger partial charge in [0.2, 0.25) is 0 Å². The molecule has 4 aliphatic rings. The van der Waals surface area contributed by atoms with Gasteiger partial charge in [-0.1, -0.05) is 42.5 Å². The van der Waals surface area contributed by atoms with Crippen molar-refractivity contribution in [1.82, 2.24) is 0 Å². The fraction of sp³-hybridized carbons (Fsp3) is 0.450. The maximum atomic E-state index is 10.8. The zero-order valence-electron chi connectivity index (χ0n) is 12.7. The van der Waals surface area contributed by atoms with Gasteiger partial charge in [-0.3, -0.25) is 4.79 Å². The van der Waals surface area contributed by atoms with Gasteiger partial charge in [-0.2, -0.15) is 0 Å². The molecular weight excluding hydrogens is 272 g/mol. The summed E-state index contributed by atoms with van der Waals surface area (Å²) in [4.78, 5) is 10.8. The molecule has 22 heavy (non-hydrogen) atoms. The van der Waals surface area contributed by atoms with Crippen molar-refractivity contribution < 1.29 is 9.90 Å². The summed E-state index contributed by atoms with van der Waals surface area (Å²) in [6, 6.07) is 0. The number of allylic oxidation sites excluding steroid dienone is 10. The van der Waals surface area contributed by atoms with Crippen molar-refractivity contribution in [1.29, 1.82) is 0 Å². The Morgan fingerprint density at radius 2 is 1.95 bits per heavy atom. The molecule has 0 saturated heterocycles. The third-order valence-corrected chi connectivity index (χ3v) is 5.68. The minimum Gasteiger partial charge on any atom is -0.481 e. The molecule has 4 atom stereocenters. The van der Waals surface area contributed by atoms with Gasteiger partial charge in [0.25, 0.3) is 0 Å². The van der Waals surface area contributed by atoms with Crippen molar-refractivity contribution in [2.45, 2.75) is 32.1 Å². The minimum atomic E-state index is -0.688. The summed E-state index contributed by atoms with van der Waals surface area (Å²) in [6.07, 6.45) is 20.7. The Bertz CT molecular complexity index is 645. The van der Waals surface area contributed by atoms with Crippen LogP contribution in [0.5, 0.6) is 0 Å². The summed E-state index contributed by atoms with van der Waals surface area (Å²) in [5, 5.41) is 8.86. The molecule has 0 fully saturated rings. The quantitative estimate of drug-likeness (QED) is 0.779. The summed E-state index contributed by atoms with van der Waals surface area (Å²) in [5.41, 5.74) is 4.38. The molecule has 0 aromatic carbocycles. The number of rotatable bonds is 4. The molecule has 4 aliphatic carbocycles. The average molecular weight is 294 g/mol. The number of carboxylic acids is 1. The molecule has 0 aromatic heterocycles. The van der Waals surface area contributed by atoms with Crippen LogP contribution in [0.15, 0.2) is 59.3 Å². The van der Waals surface area contributed by atoms with Crippen LogP contribution in [0.1, 0.15) is 32.1 Å². The van der Waals surface area contributed by atoms with Gasteiger partial charge in [-0.15, -0.1) is 0 Å². The molecule has 2 heteroatoms. The van der Waals surface area contributed by atoms with E-state index in [1.165, 1.54) is 16.7 Å². The second-order valence-electron chi connectivity index (χ2n) is 6.90. The van der Waals surface area contributed by atoms with Gasteiger partial charge in [0.15, 0.2) is 0 Å². The van der Waals surface area contributed by atoms with Crippen LogP contribution in [-0.2, 0) is 4.79 Å². The number of hydrogen-bond donors (Lipinski definition) is 1. The molecule has 4 rings (SSSR count). The maximum absolute atomic E-state index is 10.8. The Morgan fingerprint density at radius 3 is 2.77 bits per heavy atom. The third-order valence-electron chi connectivity index (χ3n) is 5.68. The molecule has 114 valence electrons. The van der Waals surface area contributed by atoms with Crippen molar-refractivity contribution in [3.05, 3.63) is 59.3 Å². The van der Waals surface area contributed by atoms with E-state index < -0.39 is 5.97 Å². The van der Waals surface area contributed by atoms with Gasteiger partial charge in [0.1, 0.15) is 0 Å². The molecule has 0 radical (unpaired) electrons. The monoisotopic (exact) mass is 294 g/mol. The lowest BCUT2D eigenvalue weighted by molar-refractivity contribution is -0.137. The first-order chi connectivity index (χ1) is 10.7. The Morgan fingerprint density at radius 1 is 1.14 bits per heavy atom. The van der Waals surface area contributed by atoms with Crippen LogP contribution in [0.25, 0.3) is 0 Å². The molecule has 0 aromatic rings. The number of hydrogen-bond acceptors (Lipinski definition) is 1. The average Bonchev–Trinajstić information content (AvgIpc) is 2.53. The second kappa shape index (κ2) is 5.42. The Kier molecular flexibility index (Phi) is 3.40. The highest BCUT2D eigenvalue weighted by atomic mass is 16.4. The molecule has 0 amide bonds. The van der Waals surface area contributed by atoms with Gasteiger partial charge in [-0.05, 0) is 66.1 Å². The number of carbonyl (C=O) groups is 1. The van der Waals surface area contributed by atoms with E-state index in [0.717, 1.165) is 25.7 Å². The van der Waals surface area contributed by atoms with Crippen LogP contribution in [0.2, 0.25) is 0 Å². The lowest BCUT2D eigenvalue weighted by atomic mass is 9.57. The maximum Gasteiger partial charge on any atom is 0.303 e. The van der Waals surface area contributed by atoms with Gasteiger partial charge >= 0.3 is 5.97 Å². The van der Waals surface area contributed by atoms with E-state index in [0.29, 0.717) is 23.7 Å². The summed E-state index contributed by atoms with van der Waals surface area (Å²) >= 11 is 0.